The highest BCUT2D eigenvalue weighted by molar-refractivity contribution is 6.30. The van der Waals surface area contributed by atoms with Crippen molar-refractivity contribution in [3.63, 3.8) is 0 Å². The van der Waals surface area contributed by atoms with E-state index in [-0.39, 0.29) is 12.1 Å². The lowest BCUT2D eigenvalue weighted by Gasteiger charge is -2.35. The fourth-order valence-electron chi connectivity index (χ4n) is 3.96. The standard InChI is InChI=1S/C18H21ClN4O2/c19-13-2-1-3-14(8-13)25-16-7-12-10-23(9-11(12)6-15(16)24)17-4-5-21-18(20)22-17/h1-5,8,11-12,15-16,24H,6-7,9-10H2,(H2,20,21,22)/t11-,12+,15+,16+/m0/s1. The van der Waals surface area contributed by atoms with Crippen LogP contribution in [-0.2, 0) is 0 Å². The largest absolute Gasteiger partial charge is 0.488 e. The minimum Gasteiger partial charge on any atom is -0.488 e. The van der Waals surface area contributed by atoms with Crippen molar-refractivity contribution in [1.29, 1.82) is 0 Å². The molecule has 0 bridgehead atoms. The second-order valence-electron chi connectivity index (χ2n) is 6.85. The molecule has 1 saturated carbocycles. The van der Waals surface area contributed by atoms with E-state index in [1.807, 2.05) is 24.3 Å². The molecule has 2 fully saturated rings. The fourth-order valence-corrected chi connectivity index (χ4v) is 4.14. The van der Waals surface area contributed by atoms with E-state index >= 15 is 0 Å². The topological polar surface area (TPSA) is 84.5 Å². The van der Waals surface area contributed by atoms with Gasteiger partial charge < -0.3 is 20.5 Å². The summed E-state index contributed by atoms with van der Waals surface area (Å²) >= 11 is 6.02. The van der Waals surface area contributed by atoms with Gasteiger partial charge in [0.25, 0.3) is 0 Å². The highest BCUT2D eigenvalue weighted by atomic mass is 35.5. The molecule has 1 aliphatic carbocycles. The van der Waals surface area contributed by atoms with Crippen molar-refractivity contribution in [3.8, 4) is 5.75 Å². The number of anilines is 2. The number of aliphatic hydroxyl groups is 1. The van der Waals surface area contributed by atoms with Gasteiger partial charge in [-0.15, -0.1) is 0 Å². The Labute approximate surface area is 151 Å². The highest BCUT2D eigenvalue weighted by Gasteiger charge is 2.43. The zero-order valence-electron chi connectivity index (χ0n) is 13.8. The molecule has 25 heavy (non-hydrogen) atoms. The molecule has 1 saturated heterocycles. The van der Waals surface area contributed by atoms with Gasteiger partial charge in [-0.3, -0.25) is 0 Å². The second-order valence-corrected chi connectivity index (χ2v) is 7.29. The number of nitrogen functional groups attached to an aromatic ring is 1. The summed E-state index contributed by atoms with van der Waals surface area (Å²) in [7, 11) is 0. The van der Waals surface area contributed by atoms with Crippen LogP contribution in [0.25, 0.3) is 0 Å². The molecule has 4 atom stereocenters. The molecule has 0 spiro atoms. The molecule has 0 radical (unpaired) electrons. The van der Waals surface area contributed by atoms with E-state index in [1.165, 1.54) is 0 Å². The van der Waals surface area contributed by atoms with E-state index in [2.05, 4.69) is 14.9 Å². The van der Waals surface area contributed by atoms with Crippen molar-refractivity contribution in [1.82, 2.24) is 9.97 Å². The molecule has 3 N–H and O–H groups in total. The van der Waals surface area contributed by atoms with Crippen LogP contribution in [-0.4, -0.2) is 40.4 Å². The molecule has 7 heteroatoms. The molecule has 0 amide bonds. The van der Waals surface area contributed by atoms with Crippen molar-refractivity contribution in [2.45, 2.75) is 25.0 Å². The summed E-state index contributed by atoms with van der Waals surface area (Å²) in [4.78, 5) is 10.5. The van der Waals surface area contributed by atoms with Crippen molar-refractivity contribution in [3.05, 3.63) is 41.6 Å². The monoisotopic (exact) mass is 360 g/mol. The minimum atomic E-state index is -0.476. The van der Waals surface area contributed by atoms with Gasteiger partial charge in [0.1, 0.15) is 17.7 Å². The van der Waals surface area contributed by atoms with Gasteiger partial charge in [0, 0.05) is 24.3 Å². The Morgan fingerprint density at radius 3 is 2.76 bits per heavy atom. The zero-order valence-corrected chi connectivity index (χ0v) is 14.5. The van der Waals surface area contributed by atoms with Gasteiger partial charge in [-0.2, -0.15) is 4.98 Å². The number of halogens is 1. The molecule has 2 heterocycles. The third kappa shape index (κ3) is 3.50. The fraction of sp³-hybridized carbons (Fsp3) is 0.444. The maximum Gasteiger partial charge on any atom is 0.221 e. The summed E-state index contributed by atoms with van der Waals surface area (Å²) in [5.74, 6) is 2.74. The molecule has 1 aromatic carbocycles. The number of nitrogens with two attached hydrogens (primary N) is 1. The second kappa shape index (κ2) is 6.69. The van der Waals surface area contributed by atoms with Gasteiger partial charge in [0.15, 0.2) is 0 Å². The molecular formula is C18H21ClN4O2. The summed E-state index contributed by atoms with van der Waals surface area (Å²) in [5, 5.41) is 11.2. The van der Waals surface area contributed by atoms with Gasteiger partial charge in [0.2, 0.25) is 5.95 Å². The molecule has 6 nitrogen and oxygen atoms in total. The Morgan fingerprint density at radius 1 is 1.20 bits per heavy atom. The van der Waals surface area contributed by atoms with E-state index < -0.39 is 6.10 Å². The Morgan fingerprint density at radius 2 is 2.00 bits per heavy atom. The van der Waals surface area contributed by atoms with Crippen molar-refractivity contribution < 1.29 is 9.84 Å². The van der Waals surface area contributed by atoms with Gasteiger partial charge in [0.05, 0.1) is 6.10 Å². The SMILES string of the molecule is Nc1nccc(N2C[C@H]3C[C@@H](Oc4cccc(Cl)c4)[C@H](O)C[C@H]3C2)n1. The summed E-state index contributed by atoms with van der Waals surface area (Å²) in [6.07, 6.45) is 2.54. The molecule has 2 aliphatic rings. The van der Waals surface area contributed by atoms with E-state index in [9.17, 15) is 5.11 Å². The van der Waals surface area contributed by atoms with Crippen LogP contribution >= 0.6 is 11.6 Å². The predicted octanol–water partition coefficient (Wildman–Crippen LogP) is 2.37. The summed E-state index contributed by atoms with van der Waals surface area (Å²) < 4.78 is 6.02. The quantitative estimate of drug-likeness (QED) is 0.874. The number of hydrogen-bond donors (Lipinski definition) is 2. The Kier molecular flexibility index (Phi) is 4.39. The first-order valence-electron chi connectivity index (χ1n) is 8.52. The normalized spacial score (nSPS) is 28.6. The number of ether oxygens (including phenoxy) is 1. The minimum absolute atomic E-state index is 0.213. The number of aliphatic hydroxyl groups excluding tert-OH is 1. The number of hydrogen-bond acceptors (Lipinski definition) is 6. The van der Waals surface area contributed by atoms with Gasteiger partial charge >= 0.3 is 0 Å². The number of fused-ring (bicyclic) bond motifs is 1. The molecular weight excluding hydrogens is 340 g/mol. The van der Waals surface area contributed by atoms with Crippen molar-refractivity contribution in [2.75, 3.05) is 23.7 Å². The number of nitrogens with zero attached hydrogens (tertiary/aromatic N) is 3. The van der Waals surface area contributed by atoms with E-state index in [0.717, 1.165) is 31.7 Å². The van der Waals surface area contributed by atoms with Crippen LogP contribution in [0.5, 0.6) is 5.75 Å². The lowest BCUT2D eigenvalue weighted by atomic mass is 9.78. The maximum absolute atomic E-state index is 10.5. The highest BCUT2D eigenvalue weighted by Crippen LogP contribution is 2.39. The van der Waals surface area contributed by atoms with E-state index in [4.69, 9.17) is 22.1 Å². The summed E-state index contributed by atoms with van der Waals surface area (Å²) in [6.45, 7) is 1.77. The molecule has 4 rings (SSSR count). The van der Waals surface area contributed by atoms with Crippen LogP contribution in [0.15, 0.2) is 36.5 Å². The van der Waals surface area contributed by atoms with Crippen LogP contribution in [0, 0.1) is 11.8 Å². The van der Waals surface area contributed by atoms with Gasteiger partial charge in [-0.05, 0) is 48.9 Å². The third-order valence-corrected chi connectivity index (χ3v) is 5.39. The predicted molar refractivity (Wildman–Crippen MR) is 96.7 cm³/mol. The summed E-state index contributed by atoms with van der Waals surface area (Å²) in [6, 6.07) is 9.20. The number of rotatable bonds is 3. The average molecular weight is 361 g/mol. The number of benzene rings is 1. The molecule has 1 aromatic heterocycles. The number of aromatic nitrogens is 2. The summed E-state index contributed by atoms with van der Waals surface area (Å²) in [5.41, 5.74) is 5.70. The third-order valence-electron chi connectivity index (χ3n) is 5.15. The smallest absolute Gasteiger partial charge is 0.221 e. The van der Waals surface area contributed by atoms with Crippen molar-refractivity contribution in [2.24, 2.45) is 11.8 Å². The van der Waals surface area contributed by atoms with Crippen LogP contribution in [0.1, 0.15) is 12.8 Å². The van der Waals surface area contributed by atoms with Crippen LogP contribution in [0.4, 0.5) is 11.8 Å². The van der Waals surface area contributed by atoms with Gasteiger partial charge in [-0.1, -0.05) is 17.7 Å². The van der Waals surface area contributed by atoms with Crippen LogP contribution in [0.3, 0.4) is 0 Å². The average Bonchev–Trinajstić information content (AvgIpc) is 2.98. The Hall–Kier alpha value is -2.05. The molecule has 0 unspecified atom stereocenters. The lowest BCUT2D eigenvalue weighted by Crippen LogP contribution is -2.42. The van der Waals surface area contributed by atoms with Crippen LogP contribution in [0.2, 0.25) is 5.02 Å². The Balaban J connectivity index is 1.45. The van der Waals surface area contributed by atoms with E-state index in [1.54, 1.807) is 12.3 Å². The van der Waals surface area contributed by atoms with Crippen molar-refractivity contribution >= 4 is 23.4 Å². The Bertz CT molecular complexity index is 759. The first-order chi connectivity index (χ1) is 12.1. The maximum atomic E-state index is 10.5. The molecule has 132 valence electrons. The first-order valence-corrected chi connectivity index (χ1v) is 8.90. The lowest BCUT2D eigenvalue weighted by molar-refractivity contribution is -0.0231. The van der Waals surface area contributed by atoms with Gasteiger partial charge in [-0.25, -0.2) is 4.98 Å². The molecule has 2 aromatic rings. The van der Waals surface area contributed by atoms with Crippen LogP contribution < -0.4 is 15.4 Å². The van der Waals surface area contributed by atoms with E-state index in [0.29, 0.717) is 22.6 Å². The zero-order chi connectivity index (χ0) is 17.4. The molecule has 1 aliphatic heterocycles. The first kappa shape index (κ1) is 16.4.